The average Bonchev–Trinajstić information content (AvgIpc) is 2.37. The molecule has 1 heterocycles. The molecule has 1 saturated heterocycles. The monoisotopic (exact) mass is 270 g/mol. The maximum Gasteiger partial charge on any atom is 0.234 e. The molecule has 0 aromatic carbocycles. The van der Waals surface area contributed by atoms with Crippen LogP contribution in [0, 0.1) is 5.92 Å². The molecule has 5 nitrogen and oxygen atoms in total. The molecule has 0 aromatic heterocycles. The lowest BCUT2D eigenvalue weighted by Gasteiger charge is -2.43. The highest BCUT2D eigenvalue weighted by molar-refractivity contribution is 5.78. The van der Waals surface area contributed by atoms with Crippen molar-refractivity contribution in [3.63, 3.8) is 0 Å². The van der Waals surface area contributed by atoms with E-state index in [4.69, 9.17) is 5.73 Å². The van der Waals surface area contributed by atoms with Crippen molar-refractivity contribution in [3.8, 4) is 0 Å². The summed E-state index contributed by atoms with van der Waals surface area (Å²) in [7, 11) is 0. The van der Waals surface area contributed by atoms with Crippen LogP contribution in [-0.2, 0) is 4.79 Å². The van der Waals surface area contributed by atoms with Gasteiger partial charge in [0.25, 0.3) is 0 Å². The molecule has 0 radical (unpaired) electrons. The smallest absolute Gasteiger partial charge is 0.234 e. The lowest BCUT2D eigenvalue weighted by molar-refractivity contribution is -0.123. The number of piperazine rings is 1. The summed E-state index contributed by atoms with van der Waals surface area (Å²) in [5.74, 6) is 0.645. The summed E-state index contributed by atoms with van der Waals surface area (Å²) in [6.07, 6.45) is 0. The minimum Gasteiger partial charge on any atom is -0.355 e. The zero-order valence-corrected chi connectivity index (χ0v) is 12.9. The molecule has 0 aromatic rings. The molecule has 0 saturated carbocycles. The van der Waals surface area contributed by atoms with Gasteiger partial charge >= 0.3 is 0 Å². The van der Waals surface area contributed by atoms with Crippen LogP contribution in [0.15, 0.2) is 0 Å². The standard InChI is InChI=1S/C14H30N4O/c1-12(2)9-16-13(19)10-17-5-7-18(8-6-17)14(3,4)11-15/h12H,5-11,15H2,1-4H3,(H,16,19). The molecule has 0 spiro atoms. The highest BCUT2D eigenvalue weighted by atomic mass is 16.2. The van der Waals surface area contributed by atoms with Gasteiger partial charge in [0, 0.05) is 44.8 Å². The number of rotatable bonds is 6. The number of nitrogens with zero attached hydrogens (tertiary/aromatic N) is 2. The summed E-state index contributed by atoms with van der Waals surface area (Å²) in [4.78, 5) is 16.4. The highest BCUT2D eigenvalue weighted by Gasteiger charge is 2.28. The first-order chi connectivity index (χ1) is 8.85. The van der Waals surface area contributed by atoms with Crippen LogP contribution in [0.2, 0.25) is 0 Å². The quantitative estimate of drug-likeness (QED) is 0.719. The van der Waals surface area contributed by atoms with E-state index in [1.165, 1.54) is 0 Å². The van der Waals surface area contributed by atoms with E-state index in [1.807, 2.05) is 0 Å². The second-order valence-corrected chi connectivity index (χ2v) is 6.48. The highest BCUT2D eigenvalue weighted by Crippen LogP contribution is 2.15. The van der Waals surface area contributed by atoms with Crippen LogP contribution in [0.25, 0.3) is 0 Å². The van der Waals surface area contributed by atoms with Crippen LogP contribution in [0.1, 0.15) is 27.7 Å². The number of amides is 1. The molecule has 0 bridgehead atoms. The summed E-state index contributed by atoms with van der Waals surface area (Å²) in [6, 6.07) is 0. The minimum absolute atomic E-state index is 0.0615. The van der Waals surface area contributed by atoms with E-state index < -0.39 is 0 Å². The van der Waals surface area contributed by atoms with Crippen LogP contribution < -0.4 is 11.1 Å². The number of hydrogen-bond acceptors (Lipinski definition) is 4. The van der Waals surface area contributed by atoms with E-state index in [2.05, 4.69) is 42.8 Å². The molecule has 0 unspecified atom stereocenters. The molecule has 0 aliphatic carbocycles. The summed E-state index contributed by atoms with van der Waals surface area (Å²) < 4.78 is 0. The summed E-state index contributed by atoms with van der Waals surface area (Å²) in [5, 5.41) is 2.97. The van der Waals surface area contributed by atoms with Crippen LogP contribution >= 0.6 is 0 Å². The Bertz CT molecular complexity index is 283. The van der Waals surface area contributed by atoms with Crippen molar-refractivity contribution in [1.29, 1.82) is 0 Å². The van der Waals surface area contributed by atoms with E-state index in [-0.39, 0.29) is 11.4 Å². The molecule has 1 aliphatic heterocycles. The molecule has 3 N–H and O–H groups in total. The Morgan fingerprint density at radius 2 is 1.84 bits per heavy atom. The van der Waals surface area contributed by atoms with Gasteiger partial charge in [-0.3, -0.25) is 14.6 Å². The van der Waals surface area contributed by atoms with Gasteiger partial charge in [-0.25, -0.2) is 0 Å². The zero-order valence-electron chi connectivity index (χ0n) is 12.9. The van der Waals surface area contributed by atoms with Crippen molar-refractivity contribution in [2.24, 2.45) is 11.7 Å². The van der Waals surface area contributed by atoms with Gasteiger partial charge in [0.1, 0.15) is 0 Å². The average molecular weight is 270 g/mol. The first kappa shape index (κ1) is 16.4. The molecule has 0 atom stereocenters. The van der Waals surface area contributed by atoms with Gasteiger partial charge in [-0.05, 0) is 19.8 Å². The van der Waals surface area contributed by atoms with E-state index in [9.17, 15) is 4.79 Å². The van der Waals surface area contributed by atoms with Gasteiger partial charge in [-0.1, -0.05) is 13.8 Å². The van der Waals surface area contributed by atoms with Gasteiger partial charge < -0.3 is 11.1 Å². The lowest BCUT2D eigenvalue weighted by Crippen LogP contribution is -2.58. The third-order valence-electron chi connectivity index (χ3n) is 3.80. The Hall–Kier alpha value is -0.650. The molecular weight excluding hydrogens is 240 g/mol. The van der Waals surface area contributed by atoms with Gasteiger partial charge in [0.05, 0.1) is 6.54 Å². The van der Waals surface area contributed by atoms with Crippen molar-refractivity contribution >= 4 is 5.91 Å². The van der Waals surface area contributed by atoms with Crippen molar-refractivity contribution in [2.75, 3.05) is 45.8 Å². The van der Waals surface area contributed by atoms with E-state index in [0.29, 0.717) is 19.0 Å². The van der Waals surface area contributed by atoms with E-state index in [0.717, 1.165) is 32.7 Å². The summed E-state index contributed by atoms with van der Waals surface area (Å²) in [6.45, 7) is 14.4. The summed E-state index contributed by atoms with van der Waals surface area (Å²) >= 11 is 0. The van der Waals surface area contributed by atoms with Gasteiger partial charge in [-0.2, -0.15) is 0 Å². The maximum absolute atomic E-state index is 11.8. The molecule has 1 amide bonds. The second-order valence-electron chi connectivity index (χ2n) is 6.48. The zero-order chi connectivity index (χ0) is 14.5. The SMILES string of the molecule is CC(C)CNC(=O)CN1CCN(C(C)(C)CN)CC1. The van der Waals surface area contributed by atoms with Crippen LogP contribution in [0.5, 0.6) is 0 Å². The second kappa shape index (κ2) is 7.22. The normalized spacial score (nSPS) is 18.8. The Morgan fingerprint density at radius 1 is 1.26 bits per heavy atom. The Morgan fingerprint density at radius 3 is 2.32 bits per heavy atom. The molecule has 1 aliphatic rings. The fourth-order valence-electron chi connectivity index (χ4n) is 2.22. The maximum atomic E-state index is 11.8. The van der Waals surface area contributed by atoms with E-state index >= 15 is 0 Å². The van der Waals surface area contributed by atoms with Crippen molar-refractivity contribution in [2.45, 2.75) is 33.2 Å². The van der Waals surface area contributed by atoms with Crippen molar-refractivity contribution in [1.82, 2.24) is 15.1 Å². The molecule has 1 fully saturated rings. The van der Waals surface area contributed by atoms with Gasteiger partial charge in [0.15, 0.2) is 0 Å². The van der Waals surface area contributed by atoms with Gasteiger partial charge in [0.2, 0.25) is 5.91 Å². The van der Waals surface area contributed by atoms with Crippen molar-refractivity contribution < 1.29 is 4.79 Å². The van der Waals surface area contributed by atoms with Crippen LogP contribution in [0.3, 0.4) is 0 Å². The molecular formula is C14H30N4O. The Labute approximate surface area is 117 Å². The largest absolute Gasteiger partial charge is 0.355 e. The number of nitrogens with two attached hydrogens (primary N) is 1. The molecule has 112 valence electrons. The fourth-order valence-corrected chi connectivity index (χ4v) is 2.22. The van der Waals surface area contributed by atoms with Crippen LogP contribution in [-0.4, -0.2) is 67.1 Å². The third-order valence-corrected chi connectivity index (χ3v) is 3.80. The lowest BCUT2D eigenvalue weighted by atomic mass is 10.0. The van der Waals surface area contributed by atoms with E-state index in [1.54, 1.807) is 0 Å². The van der Waals surface area contributed by atoms with Crippen LogP contribution in [0.4, 0.5) is 0 Å². The molecule has 19 heavy (non-hydrogen) atoms. The Balaban J connectivity index is 2.28. The predicted molar refractivity (Wildman–Crippen MR) is 79.0 cm³/mol. The number of nitrogens with one attached hydrogen (secondary N) is 1. The predicted octanol–water partition coefficient (Wildman–Crippen LogP) is 0.114. The number of carbonyl (C=O) groups excluding carboxylic acids is 1. The number of carbonyl (C=O) groups is 1. The summed E-state index contributed by atoms with van der Waals surface area (Å²) in [5.41, 5.74) is 5.86. The first-order valence-corrected chi connectivity index (χ1v) is 7.29. The minimum atomic E-state index is 0.0615. The van der Waals surface area contributed by atoms with Gasteiger partial charge in [-0.15, -0.1) is 0 Å². The number of hydrogen-bond donors (Lipinski definition) is 2. The topological polar surface area (TPSA) is 61.6 Å². The fraction of sp³-hybridized carbons (Fsp3) is 0.929. The van der Waals surface area contributed by atoms with Crippen molar-refractivity contribution in [3.05, 3.63) is 0 Å². The third kappa shape index (κ3) is 5.47. The molecule has 1 rings (SSSR count). The Kier molecular flexibility index (Phi) is 6.23. The molecule has 5 heteroatoms. The first-order valence-electron chi connectivity index (χ1n) is 7.29.